The van der Waals surface area contributed by atoms with Crippen LogP contribution in [-0.2, 0) is 15.9 Å². The molecule has 5 heteroatoms. The lowest BCUT2D eigenvalue weighted by Gasteiger charge is -2.11. The lowest BCUT2D eigenvalue weighted by molar-refractivity contribution is 0.0597. The zero-order valence-electron chi connectivity index (χ0n) is 14.0. The van der Waals surface area contributed by atoms with Gasteiger partial charge in [-0.2, -0.15) is 0 Å². The third-order valence-corrected chi connectivity index (χ3v) is 3.45. The maximum absolute atomic E-state index is 11.6. The molecule has 0 radical (unpaired) electrons. The van der Waals surface area contributed by atoms with E-state index in [1.54, 1.807) is 18.2 Å². The highest BCUT2D eigenvalue weighted by Crippen LogP contribution is 2.25. The van der Waals surface area contributed by atoms with Gasteiger partial charge in [0, 0.05) is 6.07 Å². The van der Waals surface area contributed by atoms with Crippen LogP contribution in [0.1, 0.15) is 15.9 Å². The van der Waals surface area contributed by atoms with E-state index in [1.165, 1.54) is 19.8 Å². The average Bonchev–Trinajstić information content (AvgIpc) is 2.64. The summed E-state index contributed by atoms with van der Waals surface area (Å²) in [5.41, 5.74) is 1.62. The summed E-state index contributed by atoms with van der Waals surface area (Å²) in [7, 11) is 2.83. The number of hydrogen-bond acceptors (Lipinski definition) is 5. The molecule has 0 heterocycles. The van der Waals surface area contributed by atoms with Crippen LogP contribution in [0.15, 0.2) is 48.5 Å². The molecule has 24 heavy (non-hydrogen) atoms. The quantitative estimate of drug-likeness (QED) is 0.522. The predicted octanol–water partition coefficient (Wildman–Crippen LogP) is 3.12. The monoisotopic (exact) mass is 330 g/mol. The molecular weight excluding hydrogens is 308 g/mol. The summed E-state index contributed by atoms with van der Waals surface area (Å²) in [6, 6.07) is 15.2. The molecule has 0 saturated carbocycles. The zero-order chi connectivity index (χ0) is 17.2. The van der Waals surface area contributed by atoms with Gasteiger partial charge >= 0.3 is 5.97 Å². The minimum absolute atomic E-state index is 0.367. The molecule has 0 unspecified atom stereocenters. The standard InChI is InChI=1S/C19H22O5/c1-21-18-14-16(8-9-17(18)19(20)22-2)24-13-12-23-11-10-15-6-4-3-5-7-15/h3-9,14H,10-13H2,1-2H3. The van der Waals surface area contributed by atoms with Crippen molar-refractivity contribution >= 4 is 5.97 Å². The Balaban J connectivity index is 1.73. The van der Waals surface area contributed by atoms with Crippen LogP contribution in [0.25, 0.3) is 0 Å². The SMILES string of the molecule is COC(=O)c1ccc(OCCOCCc2ccccc2)cc1OC. The van der Waals surface area contributed by atoms with E-state index in [0.29, 0.717) is 36.9 Å². The van der Waals surface area contributed by atoms with Crippen LogP contribution in [0, 0.1) is 0 Å². The van der Waals surface area contributed by atoms with Crippen LogP contribution < -0.4 is 9.47 Å². The molecule has 2 rings (SSSR count). The van der Waals surface area contributed by atoms with Crippen molar-refractivity contribution in [1.82, 2.24) is 0 Å². The number of rotatable bonds is 9. The predicted molar refractivity (Wildman–Crippen MR) is 90.8 cm³/mol. The van der Waals surface area contributed by atoms with Crippen molar-refractivity contribution in [3.05, 3.63) is 59.7 Å². The Morgan fingerprint density at radius 2 is 1.75 bits per heavy atom. The second-order valence-corrected chi connectivity index (χ2v) is 5.05. The van der Waals surface area contributed by atoms with Crippen molar-refractivity contribution in [3.8, 4) is 11.5 Å². The molecule has 0 aliphatic heterocycles. The fourth-order valence-corrected chi connectivity index (χ4v) is 2.20. The largest absolute Gasteiger partial charge is 0.496 e. The van der Waals surface area contributed by atoms with Crippen LogP contribution in [0.2, 0.25) is 0 Å². The Bertz CT molecular complexity index is 639. The molecular formula is C19H22O5. The van der Waals surface area contributed by atoms with Gasteiger partial charge < -0.3 is 18.9 Å². The van der Waals surface area contributed by atoms with Crippen molar-refractivity contribution < 1.29 is 23.7 Å². The van der Waals surface area contributed by atoms with Crippen LogP contribution in [0.5, 0.6) is 11.5 Å². The van der Waals surface area contributed by atoms with Gasteiger partial charge in [0.15, 0.2) is 0 Å². The summed E-state index contributed by atoms with van der Waals surface area (Å²) < 4.78 is 21.1. The number of carbonyl (C=O) groups is 1. The number of ether oxygens (including phenoxy) is 4. The van der Waals surface area contributed by atoms with E-state index in [0.717, 1.165) is 6.42 Å². The van der Waals surface area contributed by atoms with Crippen molar-refractivity contribution in [2.24, 2.45) is 0 Å². The normalized spacial score (nSPS) is 10.2. The van der Waals surface area contributed by atoms with Crippen molar-refractivity contribution in [2.45, 2.75) is 6.42 Å². The van der Waals surface area contributed by atoms with Gasteiger partial charge in [-0.1, -0.05) is 30.3 Å². The second kappa shape index (κ2) is 9.57. The maximum Gasteiger partial charge on any atom is 0.341 e. The Kier molecular flexibility index (Phi) is 7.11. The van der Waals surface area contributed by atoms with E-state index in [-0.39, 0.29) is 0 Å². The van der Waals surface area contributed by atoms with E-state index < -0.39 is 5.97 Å². The summed E-state index contributed by atoms with van der Waals surface area (Å²) in [6.45, 7) is 1.57. The topological polar surface area (TPSA) is 54.0 Å². The average molecular weight is 330 g/mol. The number of carbonyl (C=O) groups excluding carboxylic acids is 1. The Labute approximate surface area is 142 Å². The van der Waals surface area contributed by atoms with E-state index in [2.05, 4.69) is 12.1 Å². The molecule has 128 valence electrons. The highest BCUT2D eigenvalue weighted by molar-refractivity contribution is 5.92. The van der Waals surface area contributed by atoms with Gasteiger partial charge in [-0.05, 0) is 24.1 Å². The summed E-state index contributed by atoms with van der Waals surface area (Å²) in [6.07, 6.45) is 0.877. The van der Waals surface area contributed by atoms with E-state index in [9.17, 15) is 4.79 Å². The molecule has 2 aromatic carbocycles. The van der Waals surface area contributed by atoms with Crippen molar-refractivity contribution in [1.29, 1.82) is 0 Å². The molecule has 0 spiro atoms. The third-order valence-electron chi connectivity index (χ3n) is 3.45. The summed E-state index contributed by atoms with van der Waals surface area (Å²) >= 11 is 0. The van der Waals surface area contributed by atoms with E-state index in [4.69, 9.17) is 18.9 Å². The minimum Gasteiger partial charge on any atom is -0.496 e. The molecule has 0 atom stereocenters. The summed E-state index contributed by atoms with van der Waals surface area (Å²) in [5, 5.41) is 0. The highest BCUT2D eigenvalue weighted by atomic mass is 16.5. The Morgan fingerprint density at radius 3 is 2.46 bits per heavy atom. The molecule has 0 amide bonds. The second-order valence-electron chi connectivity index (χ2n) is 5.05. The summed E-state index contributed by atoms with van der Waals surface area (Å²) in [4.78, 5) is 11.6. The number of esters is 1. The maximum atomic E-state index is 11.6. The van der Waals surface area contributed by atoms with Gasteiger partial charge in [-0.25, -0.2) is 4.79 Å². The highest BCUT2D eigenvalue weighted by Gasteiger charge is 2.13. The van der Waals surface area contributed by atoms with Crippen LogP contribution in [-0.4, -0.2) is 40.0 Å². The van der Waals surface area contributed by atoms with Crippen molar-refractivity contribution in [3.63, 3.8) is 0 Å². The molecule has 0 fully saturated rings. The molecule has 0 saturated heterocycles. The minimum atomic E-state index is -0.442. The van der Waals surface area contributed by atoms with E-state index in [1.807, 2.05) is 18.2 Å². The fraction of sp³-hybridized carbons (Fsp3) is 0.316. The van der Waals surface area contributed by atoms with Gasteiger partial charge in [-0.3, -0.25) is 0 Å². The molecule has 2 aromatic rings. The van der Waals surface area contributed by atoms with Crippen LogP contribution in [0.4, 0.5) is 0 Å². The first kappa shape index (κ1) is 17.8. The molecule has 0 N–H and O–H groups in total. The smallest absolute Gasteiger partial charge is 0.341 e. The molecule has 0 aliphatic carbocycles. The van der Waals surface area contributed by atoms with Crippen LogP contribution >= 0.6 is 0 Å². The lowest BCUT2D eigenvalue weighted by Crippen LogP contribution is -2.09. The van der Waals surface area contributed by atoms with Crippen LogP contribution in [0.3, 0.4) is 0 Å². The molecule has 5 nitrogen and oxygen atoms in total. The molecule has 0 aliphatic rings. The van der Waals surface area contributed by atoms with Gasteiger partial charge in [0.25, 0.3) is 0 Å². The first-order valence-electron chi connectivity index (χ1n) is 7.75. The lowest BCUT2D eigenvalue weighted by atomic mass is 10.2. The van der Waals surface area contributed by atoms with Gasteiger partial charge in [-0.15, -0.1) is 0 Å². The third kappa shape index (κ3) is 5.28. The van der Waals surface area contributed by atoms with Gasteiger partial charge in [0.05, 0.1) is 27.4 Å². The first-order valence-corrected chi connectivity index (χ1v) is 7.75. The first-order chi connectivity index (χ1) is 11.7. The number of methoxy groups -OCH3 is 2. The van der Waals surface area contributed by atoms with Gasteiger partial charge in [0.2, 0.25) is 0 Å². The zero-order valence-corrected chi connectivity index (χ0v) is 14.0. The number of benzene rings is 2. The molecule has 0 bridgehead atoms. The molecule has 0 aromatic heterocycles. The van der Waals surface area contributed by atoms with Crippen molar-refractivity contribution in [2.75, 3.05) is 34.0 Å². The van der Waals surface area contributed by atoms with E-state index >= 15 is 0 Å². The van der Waals surface area contributed by atoms with Gasteiger partial charge in [0.1, 0.15) is 23.7 Å². The summed E-state index contributed by atoms with van der Waals surface area (Å²) in [5.74, 6) is 0.596. The Morgan fingerprint density at radius 1 is 0.958 bits per heavy atom. The fourth-order valence-electron chi connectivity index (χ4n) is 2.20. The number of hydrogen-bond donors (Lipinski definition) is 0. The Hall–Kier alpha value is -2.53.